The van der Waals surface area contributed by atoms with Crippen molar-refractivity contribution in [2.24, 2.45) is 0 Å². The van der Waals surface area contributed by atoms with Crippen LogP contribution in [0.5, 0.6) is 0 Å². The lowest BCUT2D eigenvalue weighted by Gasteiger charge is -2.13. The second-order valence-corrected chi connectivity index (χ2v) is 4.75. The summed E-state index contributed by atoms with van der Waals surface area (Å²) in [6.07, 6.45) is 2.63. The molecule has 2 heterocycles. The largest absolute Gasteiger partial charge is 0.391 e. The zero-order chi connectivity index (χ0) is 14.4. The zero-order valence-corrected chi connectivity index (χ0v) is 12.2. The van der Waals surface area contributed by atoms with Crippen LogP contribution in [-0.2, 0) is 6.54 Å². The van der Waals surface area contributed by atoms with E-state index in [0.717, 1.165) is 25.3 Å². The lowest BCUT2D eigenvalue weighted by atomic mass is 10.2. The fourth-order valence-corrected chi connectivity index (χ4v) is 2.33. The molecule has 1 saturated heterocycles. The van der Waals surface area contributed by atoms with Crippen molar-refractivity contribution in [2.75, 3.05) is 18.0 Å². The number of aliphatic hydroxyl groups is 1. The number of hydrogen-bond acceptors (Lipinski definition) is 3. The molecule has 20 heavy (non-hydrogen) atoms. The number of hydrogen-bond donors (Lipinski definition) is 1. The van der Waals surface area contributed by atoms with Gasteiger partial charge in [0.25, 0.3) is 0 Å². The molecule has 0 aliphatic carbocycles. The molecule has 4 heteroatoms. The van der Waals surface area contributed by atoms with Crippen LogP contribution in [-0.4, -0.2) is 34.1 Å². The van der Waals surface area contributed by atoms with Crippen LogP contribution in [0.25, 0.3) is 0 Å². The second-order valence-electron chi connectivity index (χ2n) is 4.75. The molecule has 1 aliphatic heterocycles. The Labute approximate surface area is 120 Å². The maximum absolute atomic E-state index is 9.53. The monoisotopic (exact) mass is 273 g/mol. The molecule has 1 atom stereocenters. The van der Waals surface area contributed by atoms with Gasteiger partial charge in [0.15, 0.2) is 5.82 Å². The quantitative estimate of drug-likeness (QED) is 0.934. The number of anilines is 1. The second kappa shape index (κ2) is 7.10. The van der Waals surface area contributed by atoms with E-state index in [1.54, 1.807) is 0 Å². The van der Waals surface area contributed by atoms with Gasteiger partial charge >= 0.3 is 0 Å². The molecule has 3 rings (SSSR count). The van der Waals surface area contributed by atoms with Crippen LogP contribution in [0.15, 0.2) is 42.6 Å². The molecular weight excluding hydrogens is 250 g/mol. The third-order valence-corrected chi connectivity index (χ3v) is 3.30. The molecule has 0 bridgehead atoms. The summed E-state index contributed by atoms with van der Waals surface area (Å²) in [5, 5.41) is 14.1. The predicted octanol–water partition coefficient (Wildman–Crippen LogP) is 2.53. The van der Waals surface area contributed by atoms with E-state index < -0.39 is 0 Å². The molecule has 0 amide bonds. The number of nitrogens with zero attached hydrogens (tertiary/aromatic N) is 3. The van der Waals surface area contributed by atoms with Gasteiger partial charge in [0.05, 0.1) is 12.6 Å². The van der Waals surface area contributed by atoms with E-state index >= 15 is 0 Å². The molecule has 1 aromatic heterocycles. The summed E-state index contributed by atoms with van der Waals surface area (Å²) in [6, 6.07) is 12.3. The van der Waals surface area contributed by atoms with Crippen LogP contribution in [0.4, 0.5) is 5.82 Å². The minimum atomic E-state index is -0.204. The molecule has 1 unspecified atom stereocenters. The van der Waals surface area contributed by atoms with Crippen molar-refractivity contribution in [1.82, 2.24) is 9.78 Å². The zero-order valence-electron chi connectivity index (χ0n) is 12.2. The van der Waals surface area contributed by atoms with E-state index in [1.807, 2.05) is 49.0 Å². The van der Waals surface area contributed by atoms with E-state index in [9.17, 15) is 5.11 Å². The highest BCUT2D eigenvalue weighted by atomic mass is 16.3. The summed E-state index contributed by atoms with van der Waals surface area (Å²) in [5.41, 5.74) is 1.24. The lowest BCUT2D eigenvalue weighted by molar-refractivity contribution is 0.198. The highest BCUT2D eigenvalue weighted by molar-refractivity contribution is 5.38. The predicted molar refractivity (Wildman–Crippen MR) is 82.0 cm³/mol. The number of aromatic nitrogens is 2. The average molecular weight is 273 g/mol. The molecule has 1 N–H and O–H groups in total. The molecular formula is C16H23N3O. The summed E-state index contributed by atoms with van der Waals surface area (Å²) in [5.74, 6) is 0.961. The molecule has 2 aromatic rings. The van der Waals surface area contributed by atoms with Crippen LogP contribution >= 0.6 is 0 Å². The van der Waals surface area contributed by atoms with Crippen LogP contribution in [0, 0.1) is 0 Å². The molecule has 1 aliphatic rings. The van der Waals surface area contributed by atoms with E-state index in [4.69, 9.17) is 0 Å². The fraction of sp³-hybridized carbons (Fsp3) is 0.438. The molecule has 1 fully saturated rings. The van der Waals surface area contributed by atoms with Gasteiger partial charge in [-0.1, -0.05) is 44.2 Å². The van der Waals surface area contributed by atoms with Crippen molar-refractivity contribution >= 4 is 5.82 Å². The van der Waals surface area contributed by atoms with Crippen LogP contribution in [0.3, 0.4) is 0 Å². The van der Waals surface area contributed by atoms with Gasteiger partial charge in [-0.2, -0.15) is 5.10 Å². The molecule has 108 valence electrons. The smallest absolute Gasteiger partial charge is 0.150 e. The third kappa shape index (κ3) is 3.61. The van der Waals surface area contributed by atoms with Crippen LogP contribution in [0.2, 0.25) is 0 Å². The van der Waals surface area contributed by atoms with Gasteiger partial charge in [-0.15, -0.1) is 0 Å². The van der Waals surface area contributed by atoms with Crippen LogP contribution in [0.1, 0.15) is 25.8 Å². The first-order valence-corrected chi connectivity index (χ1v) is 7.32. The standard InChI is InChI=1S/C14H17N3O.C2H6/c18-13-6-8-16(11-13)14-7-9-17(15-14)10-12-4-2-1-3-5-12;1-2/h1-5,7,9,13,18H,6,8,10-11H2;1-2H3. The summed E-state index contributed by atoms with van der Waals surface area (Å²) in [6.45, 7) is 6.38. The highest BCUT2D eigenvalue weighted by Crippen LogP contribution is 2.18. The Bertz CT molecular complexity index is 509. The average Bonchev–Trinajstić information content (AvgIpc) is 3.11. The Hall–Kier alpha value is -1.81. The van der Waals surface area contributed by atoms with E-state index in [1.165, 1.54) is 5.56 Å². The Morgan fingerprint density at radius 2 is 1.95 bits per heavy atom. The fourth-order valence-electron chi connectivity index (χ4n) is 2.33. The summed E-state index contributed by atoms with van der Waals surface area (Å²) < 4.78 is 1.94. The Balaban J connectivity index is 0.000000704. The molecule has 4 nitrogen and oxygen atoms in total. The third-order valence-electron chi connectivity index (χ3n) is 3.30. The van der Waals surface area contributed by atoms with Crippen molar-refractivity contribution in [1.29, 1.82) is 0 Å². The Kier molecular flexibility index (Phi) is 5.18. The van der Waals surface area contributed by atoms with Gasteiger partial charge in [0.2, 0.25) is 0 Å². The minimum absolute atomic E-state index is 0.204. The molecule has 0 radical (unpaired) electrons. The lowest BCUT2D eigenvalue weighted by Crippen LogP contribution is -2.21. The van der Waals surface area contributed by atoms with Crippen molar-refractivity contribution in [2.45, 2.75) is 32.9 Å². The van der Waals surface area contributed by atoms with Gasteiger partial charge in [0.1, 0.15) is 0 Å². The highest BCUT2D eigenvalue weighted by Gasteiger charge is 2.21. The number of rotatable bonds is 3. The number of aliphatic hydroxyl groups excluding tert-OH is 1. The van der Waals surface area contributed by atoms with Crippen molar-refractivity contribution < 1.29 is 5.11 Å². The maximum Gasteiger partial charge on any atom is 0.150 e. The number of β-amino-alcohol motifs (C(OH)–C–C–N with tert-alkyl or cyclic N) is 1. The van der Waals surface area contributed by atoms with E-state index in [-0.39, 0.29) is 6.10 Å². The van der Waals surface area contributed by atoms with Gasteiger partial charge in [-0.05, 0) is 12.0 Å². The maximum atomic E-state index is 9.53. The van der Waals surface area contributed by atoms with Gasteiger partial charge < -0.3 is 10.0 Å². The first-order chi connectivity index (χ1) is 9.81. The van der Waals surface area contributed by atoms with E-state index in [0.29, 0.717) is 6.54 Å². The van der Waals surface area contributed by atoms with Crippen LogP contribution < -0.4 is 4.90 Å². The first-order valence-electron chi connectivity index (χ1n) is 7.32. The van der Waals surface area contributed by atoms with Gasteiger partial charge in [-0.25, -0.2) is 0 Å². The Morgan fingerprint density at radius 1 is 1.20 bits per heavy atom. The van der Waals surface area contributed by atoms with Crippen molar-refractivity contribution in [3.8, 4) is 0 Å². The summed E-state index contributed by atoms with van der Waals surface area (Å²) in [7, 11) is 0. The van der Waals surface area contributed by atoms with E-state index in [2.05, 4.69) is 22.1 Å². The van der Waals surface area contributed by atoms with Crippen molar-refractivity contribution in [3.63, 3.8) is 0 Å². The summed E-state index contributed by atoms with van der Waals surface area (Å²) in [4.78, 5) is 2.13. The van der Waals surface area contributed by atoms with Crippen molar-refractivity contribution in [3.05, 3.63) is 48.2 Å². The van der Waals surface area contributed by atoms with Gasteiger partial charge in [0, 0.05) is 25.4 Å². The SMILES string of the molecule is CC.OC1CCN(c2ccn(Cc3ccccc3)n2)C1. The first kappa shape index (κ1) is 14.6. The Morgan fingerprint density at radius 3 is 2.60 bits per heavy atom. The molecule has 0 spiro atoms. The number of benzene rings is 1. The normalized spacial score (nSPS) is 17.8. The molecule has 0 saturated carbocycles. The molecule has 1 aromatic carbocycles. The summed E-state index contributed by atoms with van der Waals surface area (Å²) >= 11 is 0. The minimum Gasteiger partial charge on any atom is -0.391 e. The van der Waals surface area contributed by atoms with Gasteiger partial charge in [-0.3, -0.25) is 4.68 Å². The topological polar surface area (TPSA) is 41.3 Å².